The third-order valence-electron chi connectivity index (χ3n) is 3.93. The summed E-state index contributed by atoms with van der Waals surface area (Å²) in [6.45, 7) is 3.12. The minimum absolute atomic E-state index is 0.489. The number of hydrogen-bond acceptors (Lipinski definition) is 3. The third kappa shape index (κ3) is 1.98. The van der Waals surface area contributed by atoms with Crippen molar-refractivity contribution >= 4 is 27.2 Å². The summed E-state index contributed by atoms with van der Waals surface area (Å²) in [5.74, 6) is 0.489. The van der Waals surface area contributed by atoms with E-state index in [2.05, 4.69) is 54.7 Å². The van der Waals surface area contributed by atoms with E-state index in [-0.39, 0.29) is 0 Å². The van der Waals surface area contributed by atoms with Gasteiger partial charge in [0.2, 0.25) is 0 Å². The van der Waals surface area contributed by atoms with Gasteiger partial charge in [-0.15, -0.1) is 11.3 Å². The predicted molar refractivity (Wildman–Crippen MR) is 85.7 cm³/mol. The van der Waals surface area contributed by atoms with E-state index in [0.717, 1.165) is 18.5 Å². The smallest absolute Gasteiger partial charge is 0.0990 e. The molecule has 1 N–H and O–H groups in total. The van der Waals surface area contributed by atoms with Gasteiger partial charge in [0, 0.05) is 18.2 Å². The first kappa shape index (κ1) is 11.9. The number of aromatic nitrogens is 1. The molecule has 0 fully saturated rings. The molecule has 3 aromatic rings. The molecule has 20 heavy (non-hydrogen) atoms. The van der Waals surface area contributed by atoms with E-state index in [1.807, 2.05) is 11.3 Å². The average Bonchev–Trinajstić information content (AvgIpc) is 2.89. The van der Waals surface area contributed by atoms with Crippen LogP contribution in [-0.4, -0.2) is 11.5 Å². The summed E-state index contributed by atoms with van der Waals surface area (Å²) >= 11 is 1.84. The van der Waals surface area contributed by atoms with Crippen LogP contribution in [0.4, 0.5) is 5.69 Å². The van der Waals surface area contributed by atoms with E-state index in [4.69, 9.17) is 4.98 Å². The highest BCUT2D eigenvalue weighted by atomic mass is 32.1. The van der Waals surface area contributed by atoms with Crippen molar-refractivity contribution in [2.24, 2.45) is 0 Å². The third-order valence-corrected chi connectivity index (χ3v) is 5.11. The van der Waals surface area contributed by atoms with Crippen LogP contribution in [0.25, 0.3) is 10.2 Å². The van der Waals surface area contributed by atoms with Crippen molar-refractivity contribution < 1.29 is 0 Å². The molecule has 0 bridgehead atoms. The monoisotopic (exact) mass is 280 g/mol. The molecule has 2 heterocycles. The summed E-state index contributed by atoms with van der Waals surface area (Å²) in [6, 6.07) is 15.1. The molecule has 0 radical (unpaired) electrons. The maximum atomic E-state index is 4.83. The molecule has 3 heteroatoms. The zero-order valence-electron chi connectivity index (χ0n) is 11.4. The van der Waals surface area contributed by atoms with Crippen LogP contribution in [0.2, 0.25) is 0 Å². The molecule has 0 spiro atoms. The van der Waals surface area contributed by atoms with Gasteiger partial charge in [-0.2, -0.15) is 0 Å². The van der Waals surface area contributed by atoms with Gasteiger partial charge in [0.1, 0.15) is 0 Å². The van der Waals surface area contributed by atoms with Crippen molar-refractivity contribution in [3.8, 4) is 0 Å². The van der Waals surface area contributed by atoms with Crippen molar-refractivity contribution in [1.82, 2.24) is 4.98 Å². The number of thiazole rings is 1. The summed E-state index contributed by atoms with van der Waals surface area (Å²) in [4.78, 5) is 4.83. The Balaban J connectivity index is 1.70. The summed E-state index contributed by atoms with van der Waals surface area (Å²) in [5.41, 5.74) is 5.12. The van der Waals surface area contributed by atoms with E-state index in [0.29, 0.717) is 5.92 Å². The highest BCUT2D eigenvalue weighted by molar-refractivity contribution is 7.18. The SMILES string of the molecule is Cc1ccc2nc(C3CNc4ccccc4C3)sc2c1. The van der Waals surface area contributed by atoms with Crippen molar-refractivity contribution in [2.45, 2.75) is 19.3 Å². The number of hydrogen-bond donors (Lipinski definition) is 1. The van der Waals surface area contributed by atoms with Crippen molar-refractivity contribution in [3.63, 3.8) is 0 Å². The summed E-state index contributed by atoms with van der Waals surface area (Å²) < 4.78 is 1.30. The Morgan fingerprint density at radius 3 is 3.05 bits per heavy atom. The minimum atomic E-state index is 0.489. The molecule has 100 valence electrons. The fraction of sp³-hybridized carbons (Fsp3) is 0.235. The van der Waals surface area contributed by atoms with Gasteiger partial charge in [-0.3, -0.25) is 0 Å². The lowest BCUT2D eigenvalue weighted by atomic mass is 9.94. The molecule has 1 aromatic heterocycles. The fourth-order valence-corrected chi connectivity index (χ4v) is 4.01. The van der Waals surface area contributed by atoms with Crippen molar-refractivity contribution in [1.29, 1.82) is 0 Å². The van der Waals surface area contributed by atoms with Crippen LogP contribution in [0.5, 0.6) is 0 Å². The predicted octanol–water partition coefficient (Wildman–Crippen LogP) is 4.36. The zero-order valence-corrected chi connectivity index (χ0v) is 12.2. The van der Waals surface area contributed by atoms with Crippen molar-refractivity contribution in [3.05, 3.63) is 58.6 Å². The molecule has 1 aliphatic rings. The Kier molecular flexibility index (Phi) is 2.74. The normalized spacial score (nSPS) is 17.8. The molecule has 2 nitrogen and oxygen atoms in total. The summed E-state index contributed by atoms with van der Waals surface area (Å²) in [7, 11) is 0. The standard InChI is InChI=1S/C17H16N2S/c1-11-6-7-15-16(8-11)20-17(19-15)13-9-12-4-2-3-5-14(12)18-10-13/h2-8,13,18H,9-10H2,1H3. The Labute approximate surface area is 122 Å². The highest BCUT2D eigenvalue weighted by Crippen LogP contribution is 2.34. The molecular formula is C17H16N2S. The van der Waals surface area contributed by atoms with Crippen LogP contribution in [0, 0.1) is 6.92 Å². The second-order valence-electron chi connectivity index (χ2n) is 5.46. The maximum absolute atomic E-state index is 4.83. The number of anilines is 1. The topological polar surface area (TPSA) is 24.9 Å². The molecule has 0 amide bonds. The first-order chi connectivity index (χ1) is 9.79. The molecular weight excluding hydrogens is 264 g/mol. The van der Waals surface area contributed by atoms with Gasteiger partial charge in [0.05, 0.1) is 15.2 Å². The van der Waals surface area contributed by atoms with Gasteiger partial charge in [-0.25, -0.2) is 4.98 Å². The van der Waals surface area contributed by atoms with Crippen LogP contribution in [-0.2, 0) is 6.42 Å². The van der Waals surface area contributed by atoms with Crippen LogP contribution < -0.4 is 5.32 Å². The highest BCUT2D eigenvalue weighted by Gasteiger charge is 2.22. The molecule has 4 rings (SSSR count). The second kappa shape index (κ2) is 4.60. The molecule has 1 atom stereocenters. The number of nitrogens with zero attached hydrogens (tertiary/aromatic N) is 1. The number of benzene rings is 2. The average molecular weight is 280 g/mol. The zero-order chi connectivity index (χ0) is 13.5. The Bertz CT molecular complexity index is 776. The molecule has 1 unspecified atom stereocenters. The molecule has 0 saturated carbocycles. The largest absolute Gasteiger partial charge is 0.384 e. The first-order valence-electron chi connectivity index (χ1n) is 6.98. The van der Waals surface area contributed by atoms with Crippen LogP contribution in [0.1, 0.15) is 22.1 Å². The second-order valence-corrected chi connectivity index (χ2v) is 6.52. The lowest BCUT2D eigenvalue weighted by Gasteiger charge is -2.24. The maximum Gasteiger partial charge on any atom is 0.0990 e. The Morgan fingerprint density at radius 1 is 1.20 bits per heavy atom. The van der Waals surface area contributed by atoms with E-state index in [1.165, 1.54) is 26.5 Å². The lowest BCUT2D eigenvalue weighted by Crippen LogP contribution is -2.21. The molecule has 0 aliphatic carbocycles. The fourth-order valence-electron chi connectivity index (χ4n) is 2.84. The van der Waals surface area contributed by atoms with Crippen LogP contribution in [0.3, 0.4) is 0 Å². The van der Waals surface area contributed by atoms with Gasteiger partial charge in [-0.05, 0) is 42.7 Å². The van der Waals surface area contributed by atoms with E-state index >= 15 is 0 Å². The number of fused-ring (bicyclic) bond motifs is 2. The van der Waals surface area contributed by atoms with Crippen molar-refractivity contribution in [2.75, 3.05) is 11.9 Å². The van der Waals surface area contributed by atoms with Gasteiger partial charge >= 0.3 is 0 Å². The van der Waals surface area contributed by atoms with E-state index in [1.54, 1.807) is 0 Å². The summed E-state index contributed by atoms with van der Waals surface area (Å²) in [5, 5.41) is 4.79. The minimum Gasteiger partial charge on any atom is -0.384 e. The van der Waals surface area contributed by atoms with Gasteiger partial charge in [0.25, 0.3) is 0 Å². The molecule has 2 aromatic carbocycles. The Hall–Kier alpha value is -1.87. The number of para-hydroxylation sites is 1. The summed E-state index contributed by atoms with van der Waals surface area (Å²) in [6.07, 6.45) is 1.09. The number of nitrogens with one attached hydrogen (secondary N) is 1. The van der Waals surface area contributed by atoms with E-state index < -0.39 is 0 Å². The number of rotatable bonds is 1. The van der Waals surface area contributed by atoms with Gasteiger partial charge in [-0.1, -0.05) is 24.3 Å². The van der Waals surface area contributed by atoms with Gasteiger partial charge < -0.3 is 5.32 Å². The van der Waals surface area contributed by atoms with Crippen LogP contribution in [0.15, 0.2) is 42.5 Å². The van der Waals surface area contributed by atoms with Gasteiger partial charge in [0.15, 0.2) is 0 Å². The quantitative estimate of drug-likeness (QED) is 0.716. The first-order valence-corrected chi connectivity index (χ1v) is 7.80. The Morgan fingerprint density at radius 2 is 2.10 bits per heavy atom. The van der Waals surface area contributed by atoms with E-state index in [9.17, 15) is 0 Å². The molecule has 0 saturated heterocycles. The number of aryl methyl sites for hydroxylation is 1. The van der Waals surface area contributed by atoms with Crippen LogP contribution >= 0.6 is 11.3 Å². The lowest BCUT2D eigenvalue weighted by molar-refractivity contribution is 0.691. The molecule has 1 aliphatic heterocycles.